The third-order valence-electron chi connectivity index (χ3n) is 3.28. The molecule has 0 aliphatic rings. The third kappa shape index (κ3) is 2.67. The number of nitrogens with one attached hydrogen (secondary N) is 1. The molecule has 0 bridgehead atoms. The van der Waals surface area contributed by atoms with Gasteiger partial charge >= 0.3 is 0 Å². The third-order valence-corrected chi connectivity index (χ3v) is 3.28. The molecular formula is C16H15FN2O2. The lowest BCUT2D eigenvalue weighted by Crippen LogP contribution is -2.05. The first kappa shape index (κ1) is 13.4. The number of furan rings is 1. The molecule has 21 heavy (non-hydrogen) atoms. The topological polar surface area (TPSA) is 47.3 Å². The van der Waals surface area contributed by atoms with Crippen LogP contribution in [0.5, 0.6) is 5.75 Å². The van der Waals surface area contributed by atoms with E-state index in [0.29, 0.717) is 5.75 Å². The SMILES string of the molecule is COc1cccc2cc(C(C)Nc3ccc(F)nc3)oc12. The Kier molecular flexibility index (Phi) is 3.48. The average Bonchev–Trinajstić information content (AvgIpc) is 2.93. The molecule has 0 radical (unpaired) electrons. The lowest BCUT2D eigenvalue weighted by Gasteiger charge is -2.12. The monoisotopic (exact) mass is 286 g/mol. The fraction of sp³-hybridized carbons (Fsp3) is 0.188. The number of hydrogen-bond donors (Lipinski definition) is 1. The fourth-order valence-electron chi connectivity index (χ4n) is 2.21. The van der Waals surface area contributed by atoms with E-state index in [1.807, 2.05) is 31.2 Å². The summed E-state index contributed by atoms with van der Waals surface area (Å²) in [5.74, 6) is 0.981. The van der Waals surface area contributed by atoms with E-state index in [9.17, 15) is 4.39 Å². The molecule has 1 unspecified atom stereocenters. The van der Waals surface area contributed by atoms with Gasteiger partial charge in [-0.05, 0) is 31.2 Å². The summed E-state index contributed by atoms with van der Waals surface area (Å²) >= 11 is 0. The first-order valence-electron chi connectivity index (χ1n) is 6.62. The predicted molar refractivity (Wildman–Crippen MR) is 79.0 cm³/mol. The van der Waals surface area contributed by atoms with E-state index in [0.717, 1.165) is 22.4 Å². The smallest absolute Gasteiger partial charge is 0.212 e. The number of anilines is 1. The zero-order valence-electron chi connectivity index (χ0n) is 11.8. The highest BCUT2D eigenvalue weighted by Crippen LogP contribution is 2.31. The van der Waals surface area contributed by atoms with Crippen LogP contribution in [0.2, 0.25) is 0 Å². The zero-order chi connectivity index (χ0) is 14.8. The molecule has 2 heterocycles. The van der Waals surface area contributed by atoms with Crippen LogP contribution in [0, 0.1) is 5.95 Å². The molecule has 1 aromatic carbocycles. The minimum absolute atomic E-state index is 0.0747. The lowest BCUT2D eigenvalue weighted by molar-refractivity contribution is 0.406. The number of nitrogens with zero attached hydrogens (tertiary/aromatic N) is 1. The van der Waals surface area contributed by atoms with Gasteiger partial charge in [0.2, 0.25) is 5.95 Å². The summed E-state index contributed by atoms with van der Waals surface area (Å²) in [5.41, 5.74) is 1.46. The lowest BCUT2D eigenvalue weighted by atomic mass is 10.2. The maximum atomic E-state index is 12.8. The molecule has 1 N–H and O–H groups in total. The molecule has 0 amide bonds. The highest BCUT2D eigenvalue weighted by Gasteiger charge is 2.14. The first-order chi connectivity index (χ1) is 10.2. The second kappa shape index (κ2) is 5.44. The predicted octanol–water partition coefficient (Wildman–Crippen LogP) is 4.15. The molecule has 0 saturated heterocycles. The van der Waals surface area contributed by atoms with Gasteiger partial charge in [-0.15, -0.1) is 0 Å². The second-order valence-corrected chi connectivity index (χ2v) is 4.76. The highest BCUT2D eigenvalue weighted by atomic mass is 19.1. The van der Waals surface area contributed by atoms with Crippen molar-refractivity contribution in [2.24, 2.45) is 0 Å². The Morgan fingerprint density at radius 2 is 2.14 bits per heavy atom. The Bertz CT molecular complexity index is 753. The number of rotatable bonds is 4. The molecule has 3 rings (SSSR count). The molecular weight excluding hydrogens is 271 g/mol. The Balaban J connectivity index is 1.87. The van der Waals surface area contributed by atoms with E-state index >= 15 is 0 Å². The van der Waals surface area contributed by atoms with Crippen molar-refractivity contribution in [3.05, 3.63) is 54.3 Å². The first-order valence-corrected chi connectivity index (χ1v) is 6.62. The number of methoxy groups -OCH3 is 1. The van der Waals surface area contributed by atoms with E-state index < -0.39 is 5.95 Å². The Hall–Kier alpha value is -2.56. The van der Waals surface area contributed by atoms with Crippen LogP contribution < -0.4 is 10.1 Å². The molecule has 108 valence electrons. The van der Waals surface area contributed by atoms with E-state index in [2.05, 4.69) is 10.3 Å². The average molecular weight is 286 g/mol. The van der Waals surface area contributed by atoms with Gasteiger partial charge in [0.05, 0.1) is 25.0 Å². The number of para-hydroxylation sites is 1. The van der Waals surface area contributed by atoms with Crippen molar-refractivity contribution in [1.29, 1.82) is 0 Å². The summed E-state index contributed by atoms with van der Waals surface area (Å²) in [6, 6.07) is 10.6. The molecule has 5 heteroatoms. The maximum Gasteiger partial charge on any atom is 0.212 e. The van der Waals surface area contributed by atoms with Gasteiger partial charge in [-0.3, -0.25) is 0 Å². The van der Waals surface area contributed by atoms with Crippen molar-refractivity contribution in [3.8, 4) is 5.75 Å². The number of hydrogen-bond acceptors (Lipinski definition) is 4. The van der Waals surface area contributed by atoms with Gasteiger partial charge in [-0.2, -0.15) is 4.39 Å². The van der Waals surface area contributed by atoms with Gasteiger partial charge < -0.3 is 14.5 Å². The van der Waals surface area contributed by atoms with E-state index in [1.54, 1.807) is 13.2 Å². The largest absolute Gasteiger partial charge is 0.493 e. The molecule has 4 nitrogen and oxygen atoms in total. The molecule has 0 aliphatic heterocycles. The summed E-state index contributed by atoms with van der Waals surface area (Å²) in [6.07, 6.45) is 1.45. The van der Waals surface area contributed by atoms with Gasteiger partial charge in [0.15, 0.2) is 11.3 Å². The second-order valence-electron chi connectivity index (χ2n) is 4.76. The van der Waals surface area contributed by atoms with Crippen molar-refractivity contribution < 1.29 is 13.5 Å². The highest BCUT2D eigenvalue weighted by molar-refractivity contribution is 5.83. The van der Waals surface area contributed by atoms with Gasteiger partial charge in [-0.25, -0.2) is 4.98 Å². The number of benzene rings is 1. The van der Waals surface area contributed by atoms with Crippen LogP contribution >= 0.6 is 0 Å². The van der Waals surface area contributed by atoms with E-state index in [-0.39, 0.29) is 6.04 Å². The van der Waals surface area contributed by atoms with Crippen molar-refractivity contribution in [2.75, 3.05) is 12.4 Å². The maximum absolute atomic E-state index is 12.8. The van der Waals surface area contributed by atoms with Gasteiger partial charge in [-0.1, -0.05) is 12.1 Å². The van der Waals surface area contributed by atoms with Crippen LogP contribution in [-0.4, -0.2) is 12.1 Å². The number of aromatic nitrogens is 1. The number of ether oxygens (including phenoxy) is 1. The van der Waals surface area contributed by atoms with Crippen LogP contribution in [0.3, 0.4) is 0 Å². The molecule has 0 aliphatic carbocycles. The van der Waals surface area contributed by atoms with Crippen molar-refractivity contribution >= 4 is 16.7 Å². The quantitative estimate of drug-likeness (QED) is 0.732. The normalized spacial score (nSPS) is 12.3. The minimum Gasteiger partial charge on any atom is -0.493 e. The van der Waals surface area contributed by atoms with Crippen LogP contribution in [0.25, 0.3) is 11.0 Å². The molecule has 1 atom stereocenters. The molecule has 0 fully saturated rings. The van der Waals surface area contributed by atoms with Crippen LogP contribution in [0.1, 0.15) is 18.7 Å². The summed E-state index contributed by atoms with van der Waals surface area (Å²) in [6.45, 7) is 1.97. The van der Waals surface area contributed by atoms with Crippen LogP contribution in [0.15, 0.2) is 47.0 Å². The van der Waals surface area contributed by atoms with Crippen molar-refractivity contribution in [2.45, 2.75) is 13.0 Å². The Labute approximate surface area is 121 Å². The molecule has 2 aromatic heterocycles. The van der Waals surface area contributed by atoms with Crippen LogP contribution in [0.4, 0.5) is 10.1 Å². The molecule has 0 saturated carbocycles. The van der Waals surface area contributed by atoms with E-state index in [1.165, 1.54) is 12.3 Å². The molecule has 3 aromatic rings. The van der Waals surface area contributed by atoms with Crippen LogP contribution in [-0.2, 0) is 0 Å². The number of pyridine rings is 1. The van der Waals surface area contributed by atoms with Crippen molar-refractivity contribution in [1.82, 2.24) is 4.98 Å². The number of halogens is 1. The Morgan fingerprint density at radius 1 is 1.29 bits per heavy atom. The molecule has 0 spiro atoms. The van der Waals surface area contributed by atoms with Gasteiger partial charge in [0.1, 0.15) is 5.76 Å². The van der Waals surface area contributed by atoms with Gasteiger partial charge in [0, 0.05) is 5.39 Å². The summed E-state index contributed by atoms with van der Waals surface area (Å²) < 4.78 is 24.0. The summed E-state index contributed by atoms with van der Waals surface area (Å²) in [5, 5.41) is 4.20. The minimum atomic E-state index is -0.498. The van der Waals surface area contributed by atoms with Crippen molar-refractivity contribution in [3.63, 3.8) is 0 Å². The standard InChI is InChI=1S/C16H15FN2O2/c1-10(19-12-6-7-15(17)18-9-12)14-8-11-4-3-5-13(20-2)16(11)21-14/h3-10,19H,1-2H3. The fourth-order valence-corrected chi connectivity index (χ4v) is 2.21. The summed E-state index contributed by atoms with van der Waals surface area (Å²) in [7, 11) is 1.61. The van der Waals surface area contributed by atoms with Gasteiger partial charge in [0.25, 0.3) is 0 Å². The Morgan fingerprint density at radius 3 is 2.86 bits per heavy atom. The summed E-state index contributed by atoms with van der Waals surface area (Å²) in [4.78, 5) is 3.62. The zero-order valence-corrected chi connectivity index (χ0v) is 11.8. The van der Waals surface area contributed by atoms with E-state index in [4.69, 9.17) is 9.15 Å². The number of fused-ring (bicyclic) bond motifs is 1.